The number of nitro groups is 1. The molecule has 0 spiro atoms. The van der Waals surface area contributed by atoms with Gasteiger partial charge in [-0.2, -0.15) is 4.68 Å². The highest BCUT2D eigenvalue weighted by Gasteiger charge is 2.25. The fourth-order valence-electron chi connectivity index (χ4n) is 2.64. The summed E-state index contributed by atoms with van der Waals surface area (Å²) < 4.78 is 1.58. The first-order valence-electron chi connectivity index (χ1n) is 7.42. The maximum Gasteiger partial charge on any atom is 0.269 e. The summed E-state index contributed by atoms with van der Waals surface area (Å²) in [4.78, 5) is 12.6. The van der Waals surface area contributed by atoms with E-state index in [1.165, 1.54) is 12.1 Å². The van der Waals surface area contributed by atoms with Crippen LogP contribution in [0.15, 0.2) is 48.5 Å². The van der Waals surface area contributed by atoms with E-state index in [0.717, 1.165) is 5.56 Å². The Morgan fingerprint density at radius 1 is 1.20 bits per heavy atom. The third-order valence-electron chi connectivity index (χ3n) is 3.70. The second kappa shape index (κ2) is 6.96. The Labute approximate surface area is 148 Å². The molecule has 3 aromatic rings. The molecule has 1 atom stereocenters. The molecule has 1 heterocycles. The second-order valence-electron chi connectivity index (χ2n) is 5.65. The van der Waals surface area contributed by atoms with E-state index in [4.69, 9.17) is 11.6 Å². The third-order valence-corrected chi connectivity index (χ3v) is 3.94. The largest absolute Gasteiger partial charge is 0.296 e. The summed E-state index contributed by atoms with van der Waals surface area (Å²) in [5.74, 6) is 0.535. The van der Waals surface area contributed by atoms with Gasteiger partial charge in [-0.15, -0.1) is 5.10 Å². The molecule has 0 aliphatic heterocycles. The summed E-state index contributed by atoms with van der Waals surface area (Å²) >= 11 is 6.06. The van der Waals surface area contributed by atoms with Gasteiger partial charge in [-0.1, -0.05) is 29.8 Å². The van der Waals surface area contributed by atoms with Gasteiger partial charge in [0.2, 0.25) is 0 Å². The zero-order valence-corrected chi connectivity index (χ0v) is 14.3. The van der Waals surface area contributed by atoms with Crippen molar-refractivity contribution in [2.24, 2.45) is 0 Å². The molecule has 25 heavy (non-hydrogen) atoms. The fraction of sp³-hybridized carbons (Fsp3) is 0.188. The van der Waals surface area contributed by atoms with Crippen molar-refractivity contribution in [1.29, 1.82) is 0 Å². The van der Waals surface area contributed by atoms with Crippen LogP contribution in [0.4, 0.5) is 5.69 Å². The minimum Gasteiger partial charge on any atom is -0.296 e. The van der Waals surface area contributed by atoms with Crippen LogP contribution in [0.25, 0.3) is 5.69 Å². The first-order valence-corrected chi connectivity index (χ1v) is 7.80. The van der Waals surface area contributed by atoms with Gasteiger partial charge in [0, 0.05) is 17.2 Å². The number of aromatic nitrogens is 4. The molecule has 0 unspecified atom stereocenters. The number of nitrogens with zero attached hydrogens (tertiary/aromatic N) is 6. The Kier molecular flexibility index (Phi) is 4.73. The average molecular weight is 359 g/mol. The molecular weight excluding hydrogens is 344 g/mol. The molecule has 0 bridgehead atoms. The summed E-state index contributed by atoms with van der Waals surface area (Å²) in [6.07, 6.45) is 0. The molecule has 0 fully saturated rings. The molecular formula is C16H15ClN6O2. The number of non-ortho nitro benzene ring substituents is 1. The smallest absolute Gasteiger partial charge is 0.269 e. The third kappa shape index (κ3) is 3.49. The Morgan fingerprint density at radius 3 is 2.64 bits per heavy atom. The Balaban J connectivity index is 2.11. The van der Waals surface area contributed by atoms with E-state index in [-0.39, 0.29) is 11.7 Å². The summed E-state index contributed by atoms with van der Waals surface area (Å²) in [7, 11) is 3.72. The topological polar surface area (TPSA) is 90.0 Å². The normalized spacial score (nSPS) is 12.3. The van der Waals surface area contributed by atoms with Gasteiger partial charge in [0.15, 0.2) is 5.82 Å². The summed E-state index contributed by atoms with van der Waals surface area (Å²) in [5.41, 5.74) is 1.45. The standard InChI is InChI=1S/C16H15ClN6O2/c1-21(2)15(11-5-3-8-14(9-11)23(24)25)16-18-19-20-22(16)13-7-4-6-12(17)10-13/h3-10,15H,1-2H3/t15-/m0/s1. The average Bonchev–Trinajstić information content (AvgIpc) is 3.04. The molecule has 3 rings (SSSR count). The van der Waals surface area contributed by atoms with Crippen molar-refractivity contribution in [1.82, 2.24) is 25.1 Å². The van der Waals surface area contributed by atoms with Crippen LogP contribution in [0, 0.1) is 10.1 Å². The maximum absolute atomic E-state index is 11.1. The summed E-state index contributed by atoms with van der Waals surface area (Å²) in [5, 5.41) is 23.6. The number of nitro benzene ring substituents is 1. The van der Waals surface area contributed by atoms with Crippen LogP contribution < -0.4 is 0 Å². The zero-order valence-electron chi connectivity index (χ0n) is 13.6. The number of rotatable bonds is 5. The van der Waals surface area contributed by atoms with Crippen LogP contribution in [0.3, 0.4) is 0 Å². The minimum atomic E-state index is -0.420. The fourth-order valence-corrected chi connectivity index (χ4v) is 2.83. The molecule has 0 N–H and O–H groups in total. The Morgan fingerprint density at radius 2 is 1.96 bits per heavy atom. The first kappa shape index (κ1) is 17.0. The lowest BCUT2D eigenvalue weighted by molar-refractivity contribution is -0.384. The number of tetrazole rings is 1. The quantitative estimate of drug-likeness (QED) is 0.514. The predicted molar refractivity (Wildman–Crippen MR) is 92.8 cm³/mol. The Hall–Kier alpha value is -2.84. The van der Waals surface area contributed by atoms with Gasteiger partial charge in [0.25, 0.3) is 5.69 Å². The van der Waals surface area contributed by atoms with Gasteiger partial charge in [-0.05, 0) is 48.3 Å². The van der Waals surface area contributed by atoms with E-state index in [2.05, 4.69) is 15.5 Å². The van der Waals surface area contributed by atoms with Crippen molar-refractivity contribution in [3.05, 3.63) is 75.1 Å². The van der Waals surface area contributed by atoms with E-state index in [1.54, 1.807) is 28.9 Å². The van der Waals surface area contributed by atoms with E-state index >= 15 is 0 Å². The van der Waals surface area contributed by atoms with Gasteiger partial charge in [0.05, 0.1) is 16.7 Å². The minimum absolute atomic E-state index is 0.0196. The van der Waals surface area contributed by atoms with Crippen molar-refractivity contribution in [3.8, 4) is 5.69 Å². The maximum atomic E-state index is 11.1. The lowest BCUT2D eigenvalue weighted by Gasteiger charge is -2.23. The van der Waals surface area contributed by atoms with E-state index in [0.29, 0.717) is 16.5 Å². The zero-order chi connectivity index (χ0) is 18.0. The molecule has 0 saturated carbocycles. The van der Waals surface area contributed by atoms with E-state index in [1.807, 2.05) is 31.1 Å². The SMILES string of the molecule is CN(C)[C@@H](c1cccc([N+](=O)[O-])c1)c1nnnn1-c1cccc(Cl)c1. The predicted octanol–water partition coefficient (Wildman–Crippen LogP) is 2.87. The molecule has 9 heteroatoms. The number of benzene rings is 2. The molecule has 0 aliphatic carbocycles. The monoisotopic (exact) mass is 358 g/mol. The molecule has 8 nitrogen and oxygen atoms in total. The van der Waals surface area contributed by atoms with E-state index in [9.17, 15) is 10.1 Å². The highest BCUT2D eigenvalue weighted by atomic mass is 35.5. The van der Waals surface area contributed by atoms with Gasteiger partial charge in [0.1, 0.15) is 0 Å². The van der Waals surface area contributed by atoms with Crippen molar-refractivity contribution in [2.45, 2.75) is 6.04 Å². The molecule has 1 aromatic heterocycles. The molecule has 0 radical (unpaired) electrons. The number of halogens is 1. The van der Waals surface area contributed by atoms with Gasteiger partial charge in [-0.25, -0.2) is 0 Å². The van der Waals surface area contributed by atoms with Crippen molar-refractivity contribution in [3.63, 3.8) is 0 Å². The molecule has 0 saturated heterocycles. The van der Waals surface area contributed by atoms with Crippen LogP contribution in [-0.2, 0) is 0 Å². The van der Waals surface area contributed by atoms with Crippen LogP contribution >= 0.6 is 11.6 Å². The second-order valence-corrected chi connectivity index (χ2v) is 6.08. The lowest BCUT2D eigenvalue weighted by atomic mass is 10.0. The van der Waals surface area contributed by atoms with Crippen molar-refractivity contribution < 1.29 is 4.92 Å². The lowest BCUT2D eigenvalue weighted by Crippen LogP contribution is -2.24. The summed E-state index contributed by atoms with van der Waals surface area (Å²) in [6.45, 7) is 0. The van der Waals surface area contributed by atoms with Crippen LogP contribution in [-0.4, -0.2) is 44.1 Å². The number of hydrogen-bond acceptors (Lipinski definition) is 6. The Bertz CT molecular complexity index is 911. The molecule has 0 amide bonds. The van der Waals surface area contributed by atoms with Crippen LogP contribution in [0.2, 0.25) is 5.02 Å². The molecule has 2 aromatic carbocycles. The van der Waals surface area contributed by atoms with Gasteiger partial charge < -0.3 is 0 Å². The highest BCUT2D eigenvalue weighted by Crippen LogP contribution is 2.29. The van der Waals surface area contributed by atoms with Crippen LogP contribution in [0.1, 0.15) is 17.4 Å². The van der Waals surface area contributed by atoms with E-state index < -0.39 is 4.92 Å². The van der Waals surface area contributed by atoms with Crippen molar-refractivity contribution in [2.75, 3.05) is 14.1 Å². The summed E-state index contributed by atoms with van der Waals surface area (Å²) in [6, 6.07) is 13.2. The highest BCUT2D eigenvalue weighted by molar-refractivity contribution is 6.30. The molecule has 0 aliphatic rings. The number of hydrogen-bond donors (Lipinski definition) is 0. The first-order chi connectivity index (χ1) is 12.0. The molecule has 128 valence electrons. The van der Waals surface area contributed by atoms with Gasteiger partial charge in [-0.3, -0.25) is 15.0 Å². The van der Waals surface area contributed by atoms with Crippen LogP contribution in [0.5, 0.6) is 0 Å². The van der Waals surface area contributed by atoms with Gasteiger partial charge >= 0.3 is 0 Å². The van der Waals surface area contributed by atoms with Crippen molar-refractivity contribution >= 4 is 17.3 Å².